The molecular weight excluding hydrogens is 344 g/mol. The van der Waals surface area contributed by atoms with Gasteiger partial charge in [0.15, 0.2) is 0 Å². The molecule has 1 aliphatic carbocycles. The normalized spacial score (nSPS) is 16.8. The molecule has 7 nitrogen and oxygen atoms in total. The van der Waals surface area contributed by atoms with Crippen molar-refractivity contribution in [3.63, 3.8) is 0 Å². The molecule has 0 unspecified atom stereocenters. The van der Waals surface area contributed by atoms with E-state index in [4.69, 9.17) is 0 Å². The summed E-state index contributed by atoms with van der Waals surface area (Å²) < 4.78 is 25.9. The van der Waals surface area contributed by atoms with Crippen LogP contribution in [0.15, 0.2) is 24.3 Å². The molecule has 0 bridgehead atoms. The standard InChI is InChI=1S/C17H24N2O5S/c1-2-25(23,24)19-14-9-5-4-8-13(14)15(20)18-12-17(16(21)22)10-6-3-7-11-17/h4-5,8-9,19H,2-3,6-7,10-12H2,1H3,(H,18,20)(H,21,22). The van der Waals surface area contributed by atoms with Gasteiger partial charge in [0.1, 0.15) is 0 Å². The van der Waals surface area contributed by atoms with E-state index in [0.29, 0.717) is 12.8 Å². The molecule has 1 amide bonds. The van der Waals surface area contributed by atoms with Gasteiger partial charge < -0.3 is 10.4 Å². The third-order valence-electron chi connectivity index (χ3n) is 4.67. The first kappa shape index (κ1) is 19.2. The molecule has 138 valence electrons. The van der Waals surface area contributed by atoms with Crippen LogP contribution in [0.25, 0.3) is 0 Å². The van der Waals surface area contributed by atoms with E-state index in [9.17, 15) is 23.1 Å². The zero-order valence-corrected chi connectivity index (χ0v) is 15.1. The molecule has 0 heterocycles. The molecule has 0 radical (unpaired) electrons. The molecule has 25 heavy (non-hydrogen) atoms. The number of sulfonamides is 1. The molecule has 1 aliphatic rings. The predicted molar refractivity (Wildman–Crippen MR) is 95.0 cm³/mol. The van der Waals surface area contributed by atoms with Crippen molar-refractivity contribution in [2.75, 3.05) is 17.0 Å². The molecule has 0 aromatic heterocycles. The lowest BCUT2D eigenvalue weighted by Gasteiger charge is -2.33. The van der Waals surface area contributed by atoms with E-state index in [1.54, 1.807) is 12.1 Å². The topological polar surface area (TPSA) is 113 Å². The Balaban J connectivity index is 2.14. The predicted octanol–water partition coefficient (Wildman–Crippen LogP) is 2.21. The van der Waals surface area contributed by atoms with Gasteiger partial charge in [-0.15, -0.1) is 0 Å². The monoisotopic (exact) mass is 368 g/mol. The van der Waals surface area contributed by atoms with E-state index in [2.05, 4.69) is 10.0 Å². The average molecular weight is 368 g/mol. The van der Waals surface area contributed by atoms with Gasteiger partial charge in [-0.25, -0.2) is 8.42 Å². The van der Waals surface area contributed by atoms with Gasteiger partial charge in [-0.05, 0) is 31.9 Å². The van der Waals surface area contributed by atoms with E-state index in [1.165, 1.54) is 19.1 Å². The summed E-state index contributed by atoms with van der Waals surface area (Å²) in [7, 11) is -3.51. The second-order valence-electron chi connectivity index (χ2n) is 6.38. The Hall–Kier alpha value is -2.09. The number of nitrogens with one attached hydrogen (secondary N) is 2. The number of aliphatic carboxylic acids is 1. The number of hydrogen-bond donors (Lipinski definition) is 3. The Bertz CT molecular complexity index is 739. The lowest BCUT2D eigenvalue weighted by molar-refractivity contribution is -0.150. The minimum absolute atomic E-state index is 0.0377. The summed E-state index contributed by atoms with van der Waals surface area (Å²) in [4.78, 5) is 24.2. The van der Waals surface area contributed by atoms with Crippen molar-refractivity contribution in [3.8, 4) is 0 Å². The number of carboxylic acid groups (broad SMARTS) is 1. The van der Waals surface area contributed by atoms with E-state index in [-0.39, 0.29) is 23.5 Å². The Morgan fingerprint density at radius 3 is 2.40 bits per heavy atom. The number of rotatable bonds is 7. The van der Waals surface area contributed by atoms with Gasteiger partial charge in [-0.3, -0.25) is 14.3 Å². The van der Waals surface area contributed by atoms with E-state index in [0.717, 1.165) is 19.3 Å². The smallest absolute Gasteiger partial charge is 0.311 e. The fourth-order valence-electron chi connectivity index (χ4n) is 3.05. The first-order chi connectivity index (χ1) is 11.8. The van der Waals surface area contributed by atoms with Gasteiger partial charge in [0, 0.05) is 6.54 Å². The molecule has 1 saturated carbocycles. The van der Waals surface area contributed by atoms with Crippen molar-refractivity contribution >= 4 is 27.6 Å². The van der Waals surface area contributed by atoms with Crippen molar-refractivity contribution in [3.05, 3.63) is 29.8 Å². The summed E-state index contributed by atoms with van der Waals surface area (Å²) in [6.07, 6.45) is 3.73. The van der Waals surface area contributed by atoms with Crippen LogP contribution in [0.5, 0.6) is 0 Å². The highest BCUT2D eigenvalue weighted by atomic mass is 32.2. The summed E-state index contributed by atoms with van der Waals surface area (Å²) >= 11 is 0. The van der Waals surface area contributed by atoms with Crippen LogP contribution in [-0.4, -0.2) is 37.7 Å². The molecular formula is C17H24N2O5S. The average Bonchev–Trinajstić information content (AvgIpc) is 2.60. The number of anilines is 1. The number of carbonyl (C=O) groups excluding carboxylic acids is 1. The minimum atomic E-state index is -3.51. The zero-order valence-electron chi connectivity index (χ0n) is 14.2. The van der Waals surface area contributed by atoms with Crippen molar-refractivity contribution < 1.29 is 23.1 Å². The molecule has 2 rings (SSSR count). The van der Waals surface area contributed by atoms with E-state index < -0.39 is 27.3 Å². The van der Waals surface area contributed by atoms with Crippen molar-refractivity contribution in [2.45, 2.75) is 39.0 Å². The summed E-state index contributed by atoms with van der Waals surface area (Å²) in [5.41, 5.74) is -0.572. The van der Waals surface area contributed by atoms with Crippen LogP contribution in [0.1, 0.15) is 49.4 Å². The third kappa shape index (κ3) is 4.72. The maximum absolute atomic E-state index is 12.5. The first-order valence-electron chi connectivity index (χ1n) is 8.41. The third-order valence-corrected chi connectivity index (χ3v) is 5.96. The van der Waals surface area contributed by atoms with Crippen LogP contribution in [0.2, 0.25) is 0 Å². The summed E-state index contributed by atoms with van der Waals surface area (Å²) in [6, 6.07) is 6.28. The molecule has 1 aromatic carbocycles. The molecule has 0 atom stereocenters. The van der Waals surface area contributed by atoms with Gasteiger partial charge in [-0.1, -0.05) is 31.4 Å². The van der Waals surface area contributed by atoms with E-state index in [1.807, 2.05) is 0 Å². The van der Waals surface area contributed by atoms with Crippen LogP contribution in [-0.2, 0) is 14.8 Å². The molecule has 1 aromatic rings. The van der Waals surface area contributed by atoms with E-state index >= 15 is 0 Å². The molecule has 1 fully saturated rings. The lowest BCUT2D eigenvalue weighted by atomic mass is 9.74. The quantitative estimate of drug-likeness (QED) is 0.683. The second kappa shape index (κ2) is 7.86. The van der Waals surface area contributed by atoms with Crippen LogP contribution >= 0.6 is 0 Å². The van der Waals surface area contributed by atoms with Gasteiger partial charge in [0.2, 0.25) is 10.0 Å². The van der Waals surface area contributed by atoms with Crippen LogP contribution in [0.4, 0.5) is 5.69 Å². The second-order valence-corrected chi connectivity index (χ2v) is 8.39. The van der Waals surface area contributed by atoms with Gasteiger partial charge in [0.05, 0.1) is 22.4 Å². The molecule has 0 spiro atoms. The first-order valence-corrected chi connectivity index (χ1v) is 10.1. The highest BCUT2D eigenvalue weighted by Gasteiger charge is 2.39. The van der Waals surface area contributed by atoms with Gasteiger partial charge in [0.25, 0.3) is 5.91 Å². The number of carboxylic acids is 1. The van der Waals surface area contributed by atoms with Crippen molar-refractivity contribution in [1.29, 1.82) is 0 Å². The summed E-state index contributed by atoms with van der Waals surface area (Å²) in [5, 5.41) is 12.2. The minimum Gasteiger partial charge on any atom is -0.481 e. The lowest BCUT2D eigenvalue weighted by Crippen LogP contribution is -2.44. The summed E-state index contributed by atoms with van der Waals surface area (Å²) in [5.74, 6) is -1.49. The number of carbonyl (C=O) groups is 2. The largest absolute Gasteiger partial charge is 0.481 e. The fraction of sp³-hybridized carbons (Fsp3) is 0.529. The van der Waals surface area contributed by atoms with Crippen LogP contribution < -0.4 is 10.0 Å². The Morgan fingerprint density at radius 2 is 1.80 bits per heavy atom. The Kier molecular flexibility index (Phi) is 6.05. The Morgan fingerprint density at radius 1 is 1.16 bits per heavy atom. The Labute approximate surface area is 147 Å². The van der Waals surface area contributed by atoms with Gasteiger partial charge >= 0.3 is 5.97 Å². The highest BCUT2D eigenvalue weighted by Crippen LogP contribution is 2.36. The van der Waals surface area contributed by atoms with Crippen molar-refractivity contribution in [2.24, 2.45) is 5.41 Å². The van der Waals surface area contributed by atoms with Crippen LogP contribution in [0.3, 0.4) is 0 Å². The maximum Gasteiger partial charge on any atom is 0.311 e. The fourth-order valence-corrected chi connectivity index (χ4v) is 3.71. The molecule has 0 aliphatic heterocycles. The molecule has 3 N–H and O–H groups in total. The number of hydrogen-bond acceptors (Lipinski definition) is 4. The van der Waals surface area contributed by atoms with Crippen molar-refractivity contribution in [1.82, 2.24) is 5.32 Å². The highest BCUT2D eigenvalue weighted by molar-refractivity contribution is 7.92. The molecule has 8 heteroatoms. The summed E-state index contributed by atoms with van der Waals surface area (Å²) in [6.45, 7) is 1.54. The van der Waals surface area contributed by atoms with Crippen LogP contribution in [0, 0.1) is 5.41 Å². The number of para-hydroxylation sites is 1. The zero-order chi connectivity index (χ0) is 18.5. The SMILES string of the molecule is CCS(=O)(=O)Nc1ccccc1C(=O)NCC1(C(=O)O)CCCCC1. The molecule has 0 saturated heterocycles. The van der Waals surface area contributed by atoms with Gasteiger partial charge in [-0.2, -0.15) is 0 Å². The number of benzene rings is 1. The maximum atomic E-state index is 12.5. The number of amides is 1.